The van der Waals surface area contributed by atoms with Crippen LogP contribution in [0.4, 0.5) is 5.69 Å². The van der Waals surface area contributed by atoms with E-state index in [1.54, 1.807) is 25.1 Å². The molecule has 4 heteroatoms. The van der Waals surface area contributed by atoms with Crippen LogP contribution in [0.2, 0.25) is 0 Å². The summed E-state index contributed by atoms with van der Waals surface area (Å²) in [4.78, 5) is 15.3. The predicted molar refractivity (Wildman–Crippen MR) is 79.1 cm³/mol. The summed E-state index contributed by atoms with van der Waals surface area (Å²) in [5.41, 5.74) is 2.82. The molecule has 0 aliphatic rings. The number of aromatic amines is 1. The molecular weight excluding hydrogens is 252 g/mol. The third-order valence-corrected chi connectivity index (χ3v) is 3.23. The second-order valence-electron chi connectivity index (χ2n) is 4.73. The van der Waals surface area contributed by atoms with Gasteiger partial charge in [-0.15, -0.1) is 0 Å². The zero-order chi connectivity index (χ0) is 14.1. The molecule has 0 fully saturated rings. The van der Waals surface area contributed by atoms with Crippen molar-refractivity contribution in [1.29, 1.82) is 0 Å². The molecule has 1 heterocycles. The Morgan fingerprint density at radius 1 is 1.15 bits per heavy atom. The van der Waals surface area contributed by atoms with E-state index in [0.29, 0.717) is 11.4 Å². The Morgan fingerprint density at radius 3 is 2.70 bits per heavy atom. The molecule has 0 spiro atoms. The van der Waals surface area contributed by atoms with Crippen LogP contribution in [0.3, 0.4) is 0 Å². The van der Waals surface area contributed by atoms with Gasteiger partial charge >= 0.3 is 0 Å². The average Bonchev–Trinajstić information content (AvgIpc) is 2.87. The van der Waals surface area contributed by atoms with Crippen molar-refractivity contribution < 1.29 is 9.90 Å². The first-order chi connectivity index (χ1) is 9.63. The zero-order valence-corrected chi connectivity index (χ0v) is 11.0. The Hall–Kier alpha value is -2.75. The molecule has 3 aromatic rings. The quantitative estimate of drug-likeness (QED) is 0.622. The van der Waals surface area contributed by atoms with Crippen molar-refractivity contribution in [3.05, 3.63) is 59.8 Å². The van der Waals surface area contributed by atoms with Crippen LogP contribution >= 0.6 is 0 Å². The average molecular weight is 266 g/mol. The third kappa shape index (κ3) is 2.23. The largest absolute Gasteiger partial charge is 0.508 e. The van der Waals surface area contributed by atoms with Crippen LogP contribution in [0.5, 0.6) is 5.75 Å². The maximum absolute atomic E-state index is 12.2. The fourth-order valence-corrected chi connectivity index (χ4v) is 2.13. The van der Waals surface area contributed by atoms with Crippen molar-refractivity contribution in [2.45, 2.75) is 6.92 Å². The summed E-state index contributed by atoms with van der Waals surface area (Å²) in [6, 6.07) is 14.5. The molecule has 20 heavy (non-hydrogen) atoms. The summed E-state index contributed by atoms with van der Waals surface area (Å²) >= 11 is 0. The molecule has 0 saturated heterocycles. The van der Waals surface area contributed by atoms with E-state index in [2.05, 4.69) is 10.3 Å². The normalized spacial score (nSPS) is 10.7. The summed E-state index contributed by atoms with van der Waals surface area (Å²) in [6.07, 6.45) is 0. The van der Waals surface area contributed by atoms with Gasteiger partial charge in [-0.2, -0.15) is 0 Å². The number of aryl methyl sites for hydroxylation is 1. The standard InChI is InChI=1S/C16H14N2O2/c1-10-8-12(6-7-15(10)19)17-16(20)14-9-11-4-2-3-5-13(11)18-14/h2-9,18-19H,1H3,(H,17,20). The number of phenols is 1. The number of anilines is 1. The van der Waals surface area contributed by atoms with E-state index < -0.39 is 0 Å². The summed E-state index contributed by atoms with van der Waals surface area (Å²) in [5.74, 6) is 0.0138. The number of nitrogens with one attached hydrogen (secondary N) is 2. The number of benzene rings is 2. The molecule has 3 N–H and O–H groups in total. The number of rotatable bonds is 2. The van der Waals surface area contributed by atoms with Gasteiger partial charge in [-0.3, -0.25) is 4.79 Å². The van der Waals surface area contributed by atoms with Crippen LogP contribution in [-0.4, -0.2) is 16.0 Å². The number of H-pyrrole nitrogens is 1. The van der Waals surface area contributed by atoms with Gasteiger partial charge in [0.15, 0.2) is 0 Å². The molecule has 1 aromatic heterocycles. The highest BCUT2D eigenvalue weighted by atomic mass is 16.3. The number of fused-ring (bicyclic) bond motifs is 1. The van der Waals surface area contributed by atoms with Gasteiger partial charge < -0.3 is 15.4 Å². The smallest absolute Gasteiger partial charge is 0.272 e. The van der Waals surface area contributed by atoms with Crippen LogP contribution in [0, 0.1) is 6.92 Å². The lowest BCUT2D eigenvalue weighted by Gasteiger charge is -2.05. The number of carbonyl (C=O) groups excluding carboxylic acids is 1. The number of para-hydroxylation sites is 1. The maximum atomic E-state index is 12.2. The zero-order valence-electron chi connectivity index (χ0n) is 11.0. The number of amides is 1. The van der Waals surface area contributed by atoms with Crippen LogP contribution < -0.4 is 5.32 Å². The summed E-state index contributed by atoms with van der Waals surface area (Å²) in [5, 5.41) is 13.3. The highest BCUT2D eigenvalue weighted by molar-refractivity contribution is 6.05. The molecule has 100 valence electrons. The number of hydrogen-bond donors (Lipinski definition) is 3. The second-order valence-corrected chi connectivity index (χ2v) is 4.73. The Bertz CT molecular complexity index is 757. The van der Waals surface area contributed by atoms with Crippen molar-refractivity contribution in [3.8, 4) is 5.75 Å². The van der Waals surface area contributed by atoms with E-state index >= 15 is 0 Å². The van der Waals surface area contributed by atoms with E-state index in [9.17, 15) is 9.90 Å². The number of carbonyl (C=O) groups is 1. The van der Waals surface area contributed by atoms with Gasteiger partial charge in [-0.25, -0.2) is 0 Å². The molecule has 0 saturated carbocycles. The second kappa shape index (κ2) is 4.74. The molecule has 3 rings (SSSR count). The van der Waals surface area contributed by atoms with E-state index in [1.165, 1.54) is 0 Å². The van der Waals surface area contributed by atoms with Crippen LogP contribution in [0.1, 0.15) is 16.1 Å². The topological polar surface area (TPSA) is 65.1 Å². The summed E-state index contributed by atoms with van der Waals surface area (Å²) in [6.45, 7) is 1.79. The molecule has 0 radical (unpaired) electrons. The molecule has 1 amide bonds. The van der Waals surface area contributed by atoms with Crippen molar-refractivity contribution >= 4 is 22.5 Å². The highest BCUT2D eigenvalue weighted by Crippen LogP contribution is 2.21. The Labute approximate surface area is 116 Å². The number of aromatic hydroxyl groups is 1. The van der Waals surface area contributed by atoms with Gasteiger partial charge in [-0.1, -0.05) is 18.2 Å². The lowest BCUT2D eigenvalue weighted by Crippen LogP contribution is -2.12. The molecule has 0 unspecified atom stereocenters. The maximum Gasteiger partial charge on any atom is 0.272 e. The van der Waals surface area contributed by atoms with Crippen molar-refractivity contribution in [2.24, 2.45) is 0 Å². The van der Waals surface area contributed by atoms with Crippen molar-refractivity contribution in [2.75, 3.05) is 5.32 Å². The van der Waals surface area contributed by atoms with E-state index in [1.807, 2.05) is 30.3 Å². The first-order valence-electron chi connectivity index (χ1n) is 6.32. The SMILES string of the molecule is Cc1cc(NC(=O)c2cc3ccccc3[nH]2)ccc1O. The van der Waals surface area contributed by atoms with Crippen molar-refractivity contribution in [3.63, 3.8) is 0 Å². The van der Waals surface area contributed by atoms with Gasteiger partial charge in [-0.05, 0) is 42.8 Å². The fourth-order valence-electron chi connectivity index (χ4n) is 2.13. The Kier molecular flexibility index (Phi) is 2.91. The van der Waals surface area contributed by atoms with Gasteiger partial charge in [0.05, 0.1) is 0 Å². The molecule has 4 nitrogen and oxygen atoms in total. The molecule has 0 aliphatic carbocycles. The van der Waals surface area contributed by atoms with Gasteiger partial charge in [0.1, 0.15) is 11.4 Å². The number of hydrogen-bond acceptors (Lipinski definition) is 2. The van der Waals surface area contributed by atoms with Crippen molar-refractivity contribution in [1.82, 2.24) is 4.98 Å². The molecule has 0 atom stereocenters. The Balaban J connectivity index is 1.86. The lowest BCUT2D eigenvalue weighted by atomic mass is 10.2. The van der Waals surface area contributed by atoms with Gasteiger partial charge in [0.2, 0.25) is 0 Å². The summed E-state index contributed by atoms with van der Waals surface area (Å²) < 4.78 is 0. The lowest BCUT2D eigenvalue weighted by molar-refractivity contribution is 0.102. The summed E-state index contributed by atoms with van der Waals surface area (Å²) in [7, 11) is 0. The molecular formula is C16H14N2O2. The third-order valence-electron chi connectivity index (χ3n) is 3.23. The van der Waals surface area contributed by atoms with E-state index in [4.69, 9.17) is 0 Å². The Morgan fingerprint density at radius 2 is 1.95 bits per heavy atom. The van der Waals surface area contributed by atoms with Crippen LogP contribution in [0.25, 0.3) is 10.9 Å². The molecule has 2 aromatic carbocycles. The highest BCUT2D eigenvalue weighted by Gasteiger charge is 2.10. The minimum Gasteiger partial charge on any atom is -0.508 e. The minimum atomic E-state index is -0.203. The van der Waals surface area contributed by atoms with E-state index in [0.717, 1.165) is 16.5 Å². The predicted octanol–water partition coefficient (Wildman–Crippen LogP) is 3.43. The van der Waals surface area contributed by atoms with Crippen LogP contribution in [0.15, 0.2) is 48.5 Å². The monoisotopic (exact) mass is 266 g/mol. The molecule has 0 aliphatic heterocycles. The van der Waals surface area contributed by atoms with E-state index in [-0.39, 0.29) is 11.7 Å². The van der Waals surface area contributed by atoms with Gasteiger partial charge in [0, 0.05) is 16.6 Å². The van der Waals surface area contributed by atoms with Gasteiger partial charge in [0.25, 0.3) is 5.91 Å². The minimum absolute atomic E-state index is 0.203. The van der Waals surface area contributed by atoms with Crippen LogP contribution in [-0.2, 0) is 0 Å². The number of aromatic nitrogens is 1. The first kappa shape index (κ1) is 12.3. The number of phenolic OH excluding ortho intramolecular Hbond substituents is 1. The first-order valence-corrected chi connectivity index (χ1v) is 6.32. The fraction of sp³-hybridized carbons (Fsp3) is 0.0625. The molecule has 0 bridgehead atoms.